The fourth-order valence-corrected chi connectivity index (χ4v) is 3.87. The van der Waals surface area contributed by atoms with Gasteiger partial charge in [0, 0.05) is 12.1 Å². The van der Waals surface area contributed by atoms with E-state index >= 15 is 0 Å². The van der Waals surface area contributed by atoms with E-state index in [1.807, 2.05) is 0 Å². The van der Waals surface area contributed by atoms with Crippen LogP contribution in [0.5, 0.6) is 11.5 Å². The normalized spacial score (nSPS) is 19.6. The molecule has 0 bridgehead atoms. The molecular formula is C13H17NO4S. The van der Waals surface area contributed by atoms with Crippen molar-refractivity contribution >= 4 is 10.0 Å². The predicted molar refractivity (Wildman–Crippen MR) is 69.8 cm³/mol. The largest absolute Gasteiger partial charge is 0.454 e. The first-order chi connectivity index (χ1) is 9.15. The fraction of sp³-hybridized carbons (Fsp3) is 0.538. The Balaban J connectivity index is 1.79. The van der Waals surface area contributed by atoms with Crippen LogP contribution in [0.4, 0.5) is 0 Å². The van der Waals surface area contributed by atoms with Crippen LogP contribution in [-0.4, -0.2) is 21.3 Å². The van der Waals surface area contributed by atoms with Crippen LogP contribution in [0.15, 0.2) is 23.1 Å². The SMILES string of the molecule is O=S(=O)(NC1CCCCC1)c1ccc2c(c1)OCO2. The minimum absolute atomic E-state index is 0.0594. The van der Waals surface area contributed by atoms with E-state index in [0.29, 0.717) is 11.5 Å². The van der Waals surface area contributed by atoms with E-state index in [0.717, 1.165) is 25.7 Å². The first-order valence-corrected chi connectivity index (χ1v) is 8.05. The Labute approximate surface area is 113 Å². The Morgan fingerprint density at radius 1 is 1.05 bits per heavy atom. The summed E-state index contributed by atoms with van der Waals surface area (Å²) >= 11 is 0. The van der Waals surface area contributed by atoms with Crippen LogP contribution >= 0.6 is 0 Å². The third-order valence-electron chi connectivity index (χ3n) is 3.58. The van der Waals surface area contributed by atoms with Crippen molar-refractivity contribution in [3.05, 3.63) is 18.2 Å². The van der Waals surface area contributed by atoms with Crippen LogP contribution < -0.4 is 14.2 Å². The molecule has 1 fully saturated rings. The topological polar surface area (TPSA) is 64.6 Å². The quantitative estimate of drug-likeness (QED) is 0.922. The number of hydrogen-bond donors (Lipinski definition) is 1. The average molecular weight is 283 g/mol. The van der Waals surface area contributed by atoms with Gasteiger partial charge in [-0.05, 0) is 25.0 Å². The molecule has 6 heteroatoms. The van der Waals surface area contributed by atoms with Crippen LogP contribution in [-0.2, 0) is 10.0 Å². The summed E-state index contributed by atoms with van der Waals surface area (Å²) in [5.74, 6) is 1.09. The molecule has 2 aliphatic rings. The first-order valence-electron chi connectivity index (χ1n) is 6.57. The summed E-state index contributed by atoms with van der Waals surface area (Å²) in [5, 5.41) is 0. The maximum Gasteiger partial charge on any atom is 0.240 e. The van der Waals surface area contributed by atoms with Crippen LogP contribution in [0.3, 0.4) is 0 Å². The monoisotopic (exact) mass is 283 g/mol. The first kappa shape index (κ1) is 12.7. The second-order valence-electron chi connectivity index (χ2n) is 4.97. The van der Waals surface area contributed by atoms with Crippen LogP contribution in [0.1, 0.15) is 32.1 Å². The maximum atomic E-state index is 12.3. The van der Waals surface area contributed by atoms with Gasteiger partial charge < -0.3 is 9.47 Å². The van der Waals surface area contributed by atoms with Gasteiger partial charge in [0.05, 0.1) is 4.90 Å². The third kappa shape index (κ3) is 2.69. The van der Waals surface area contributed by atoms with Gasteiger partial charge in [-0.3, -0.25) is 0 Å². The molecule has 1 aliphatic heterocycles. The molecule has 0 unspecified atom stereocenters. The van der Waals surface area contributed by atoms with Crippen molar-refractivity contribution in [3.8, 4) is 11.5 Å². The highest BCUT2D eigenvalue weighted by Gasteiger charge is 2.24. The third-order valence-corrected chi connectivity index (χ3v) is 5.10. The fourth-order valence-electron chi connectivity index (χ4n) is 2.55. The van der Waals surface area contributed by atoms with Crippen LogP contribution in [0, 0.1) is 0 Å². The molecule has 0 radical (unpaired) electrons. The lowest BCUT2D eigenvalue weighted by atomic mass is 9.96. The van der Waals surface area contributed by atoms with E-state index in [1.54, 1.807) is 12.1 Å². The Kier molecular flexibility index (Phi) is 3.36. The lowest BCUT2D eigenvalue weighted by Crippen LogP contribution is -2.36. The highest BCUT2D eigenvalue weighted by Crippen LogP contribution is 2.34. The van der Waals surface area contributed by atoms with E-state index in [9.17, 15) is 8.42 Å². The molecule has 1 heterocycles. The number of hydrogen-bond acceptors (Lipinski definition) is 4. The molecule has 1 aromatic carbocycles. The zero-order chi connectivity index (χ0) is 13.3. The van der Waals surface area contributed by atoms with E-state index in [4.69, 9.17) is 9.47 Å². The minimum Gasteiger partial charge on any atom is -0.454 e. The standard InChI is InChI=1S/C13H17NO4S/c15-19(16,14-10-4-2-1-3-5-10)11-6-7-12-13(8-11)18-9-17-12/h6-8,10,14H,1-5,9H2. The Morgan fingerprint density at radius 2 is 1.79 bits per heavy atom. The summed E-state index contributed by atoms with van der Waals surface area (Å²) in [5.41, 5.74) is 0. The van der Waals surface area contributed by atoms with Gasteiger partial charge in [-0.15, -0.1) is 0 Å². The Bertz CT molecular complexity index is 564. The van der Waals surface area contributed by atoms with Crippen molar-refractivity contribution in [2.24, 2.45) is 0 Å². The van der Waals surface area contributed by atoms with E-state index in [-0.39, 0.29) is 17.7 Å². The molecule has 5 nitrogen and oxygen atoms in total. The Hall–Kier alpha value is -1.27. The van der Waals surface area contributed by atoms with Crippen molar-refractivity contribution < 1.29 is 17.9 Å². The number of sulfonamides is 1. The molecule has 0 amide bonds. The molecule has 0 spiro atoms. The van der Waals surface area contributed by atoms with Gasteiger partial charge in [0.25, 0.3) is 0 Å². The number of fused-ring (bicyclic) bond motifs is 1. The van der Waals surface area contributed by atoms with Crippen LogP contribution in [0.25, 0.3) is 0 Å². The molecule has 0 saturated heterocycles. The smallest absolute Gasteiger partial charge is 0.240 e. The van der Waals surface area contributed by atoms with Gasteiger partial charge in [0.2, 0.25) is 16.8 Å². The molecule has 1 aliphatic carbocycles. The second-order valence-corrected chi connectivity index (χ2v) is 6.69. The van der Waals surface area contributed by atoms with Crippen molar-refractivity contribution in [1.82, 2.24) is 4.72 Å². The lowest BCUT2D eigenvalue weighted by molar-refractivity contribution is 0.174. The summed E-state index contributed by atoms with van der Waals surface area (Å²) in [4.78, 5) is 0.238. The van der Waals surface area contributed by atoms with E-state index < -0.39 is 10.0 Å². The highest BCUT2D eigenvalue weighted by atomic mass is 32.2. The number of benzene rings is 1. The van der Waals surface area contributed by atoms with Crippen molar-refractivity contribution in [2.75, 3.05) is 6.79 Å². The minimum atomic E-state index is -3.47. The summed E-state index contributed by atoms with van der Waals surface area (Å²) < 4.78 is 37.8. The molecule has 1 saturated carbocycles. The molecule has 1 aromatic rings. The van der Waals surface area contributed by atoms with Gasteiger partial charge in [0.1, 0.15) is 0 Å². The van der Waals surface area contributed by atoms with Gasteiger partial charge in [-0.25, -0.2) is 13.1 Å². The summed E-state index contributed by atoms with van der Waals surface area (Å²) in [6.45, 7) is 0.148. The van der Waals surface area contributed by atoms with E-state index in [1.165, 1.54) is 12.5 Å². The number of nitrogens with one attached hydrogen (secondary N) is 1. The summed E-state index contributed by atoms with van der Waals surface area (Å²) in [6, 6.07) is 4.77. The van der Waals surface area contributed by atoms with Gasteiger partial charge in [-0.2, -0.15) is 0 Å². The zero-order valence-electron chi connectivity index (χ0n) is 10.6. The van der Waals surface area contributed by atoms with Gasteiger partial charge in [0.15, 0.2) is 11.5 Å². The van der Waals surface area contributed by atoms with E-state index in [2.05, 4.69) is 4.72 Å². The zero-order valence-corrected chi connectivity index (χ0v) is 11.4. The van der Waals surface area contributed by atoms with Gasteiger partial charge in [-0.1, -0.05) is 19.3 Å². The average Bonchev–Trinajstić information content (AvgIpc) is 2.86. The molecular weight excluding hydrogens is 266 g/mol. The second kappa shape index (κ2) is 5.02. The summed E-state index contributed by atoms with van der Waals surface area (Å²) in [7, 11) is -3.47. The lowest BCUT2D eigenvalue weighted by Gasteiger charge is -2.22. The summed E-state index contributed by atoms with van der Waals surface area (Å²) in [6.07, 6.45) is 5.22. The van der Waals surface area contributed by atoms with Gasteiger partial charge >= 0.3 is 0 Å². The molecule has 3 rings (SSSR count). The molecule has 1 N–H and O–H groups in total. The highest BCUT2D eigenvalue weighted by molar-refractivity contribution is 7.89. The Morgan fingerprint density at radius 3 is 2.58 bits per heavy atom. The van der Waals surface area contributed by atoms with Crippen molar-refractivity contribution in [2.45, 2.75) is 43.0 Å². The number of ether oxygens (including phenoxy) is 2. The number of rotatable bonds is 3. The maximum absolute atomic E-state index is 12.3. The molecule has 19 heavy (non-hydrogen) atoms. The molecule has 104 valence electrons. The van der Waals surface area contributed by atoms with Crippen LogP contribution in [0.2, 0.25) is 0 Å². The predicted octanol–water partition coefficient (Wildman–Crippen LogP) is 2.03. The molecule has 0 atom stereocenters. The van der Waals surface area contributed by atoms with Crippen molar-refractivity contribution in [3.63, 3.8) is 0 Å². The molecule has 0 aromatic heterocycles. The van der Waals surface area contributed by atoms with Crippen molar-refractivity contribution in [1.29, 1.82) is 0 Å².